The van der Waals surface area contributed by atoms with Crippen molar-refractivity contribution in [2.24, 2.45) is 5.92 Å². The van der Waals surface area contributed by atoms with Crippen LogP contribution in [0.3, 0.4) is 0 Å². The van der Waals surface area contributed by atoms with E-state index >= 15 is 0 Å². The molecule has 2 aromatic heterocycles. The van der Waals surface area contributed by atoms with Crippen molar-refractivity contribution in [2.45, 2.75) is 104 Å². The highest BCUT2D eigenvalue weighted by molar-refractivity contribution is 5.86. The van der Waals surface area contributed by atoms with Crippen molar-refractivity contribution in [3.05, 3.63) is 106 Å². The molecule has 240 valence electrons. The van der Waals surface area contributed by atoms with Crippen LogP contribution in [0.25, 0.3) is 15.9 Å². The fraction of sp³-hybridized carbons (Fsp3) is 0.447. The Balaban J connectivity index is 1.55. The third-order valence-electron chi connectivity index (χ3n) is 9.73. The number of hydrogen-bond acceptors (Lipinski definition) is 6. The summed E-state index contributed by atoms with van der Waals surface area (Å²) in [6.45, 7) is 23.1. The molecule has 0 saturated carbocycles. The third-order valence-corrected chi connectivity index (χ3v) is 9.73. The Morgan fingerprint density at radius 2 is 1.61 bits per heavy atom. The predicted octanol–water partition coefficient (Wildman–Crippen LogP) is 6.99. The maximum absolute atomic E-state index is 14.6. The topological polar surface area (TPSA) is 75.7 Å². The van der Waals surface area contributed by atoms with Crippen LogP contribution in [0.15, 0.2) is 71.7 Å². The molecule has 5 unspecified atom stereocenters. The van der Waals surface area contributed by atoms with Crippen molar-refractivity contribution in [3.8, 4) is 0 Å². The molecule has 0 spiro atoms. The van der Waals surface area contributed by atoms with Crippen LogP contribution >= 0.6 is 0 Å². The second-order valence-corrected chi connectivity index (χ2v) is 13.0. The lowest BCUT2D eigenvalue weighted by Gasteiger charge is -2.58. The first kappa shape index (κ1) is 33.0. The van der Waals surface area contributed by atoms with Crippen LogP contribution in [-0.4, -0.2) is 55.4 Å². The predicted molar refractivity (Wildman–Crippen MR) is 186 cm³/mol. The number of anilines is 1. The molecule has 5 atom stereocenters. The van der Waals surface area contributed by atoms with Gasteiger partial charge in [0.2, 0.25) is 5.69 Å². The quantitative estimate of drug-likeness (QED) is 0.178. The summed E-state index contributed by atoms with van der Waals surface area (Å²) in [4.78, 5) is 46.1. The van der Waals surface area contributed by atoms with Crippen molar-refractivity contribution in [1.82, 2.24) is 19.4 Å². The van der Waals surface area contributed by atoms with E-state index in [1.807, 2.05) is 30.3 Å². The Hall–Kier alpha value is -4.35. The minimum atomic E-state index is -0.362. The Morgan fingerprint density at radius 1 is 0.978 bits per heavy atom. The molecule has 0 N–H and O–H groups in total. The number of ketones is 1. The Kier molecular flexibility index (Phi) is 10.0. The molecule has 8 nitrogen and oxygen atoms in total. The zero-order valence-electron chi connectivity index (χ0n) is 28.1. The summed E-state index contributed by atoms with van der Waals surface area (Å²) in [6, 6.07) is 20.4. The Bertz CT molecular complexity index is 1760. The number of fused-ring (bicyclic) bond motifs is 1. The molecule has 5 rings (SSSR count). The van der Waals surface area contributed by atoms with E-state index in [0.717, 1.165) is 18.4 Å². The third kappa shape index (κ3) is 6.34. The molecule has 1 aliphatic heterocycles. The lowest BCUT2D eigenvalue weighted by Crippen LogP contribution is -2.70. The summed E-state index contributed by atoms with van der Waals surface area (Å²) in [7, 11) is 0. The van der Waals surface area contributed by atoms with E-state index in [9.17, 15) is 9.59 Å². The van der Waals surface area contributed by atoms with Crippen molar-refractivity contribution in [2.75, 3.05) is 4.90 Å². The van der Waals surface area contributed by atoms with Crippen LogP contribution in [0.4, 0.5) is 11.4 Å². The maximum Gasteiger partial charge on any atom is 0.280 e. The second-order valence-electron chi connectivity index (χ2n) is 13.0. The van der Waals surface area contributed by atoms with Crippen molar-refractivity contribution in [1.29, 1.82) is 0 Å². The average molecular weight is 619 g/mol. The van der Waals surface area contributed by atoms with Gasteiger partial charge in [-0.2, -0.15) is 0 Å². The highest BCUT2D eigenvalue weighted by Crippen LogP contribution is 2.37. The summed E-state index contributed by atoms with van der Waals surface area (Å²) in [5, 5.41) is 0. The average Bonchev–Trinajstić information content (AvgIpc) is 3.05. The van der Waals surface area contributed by atoms with E-state index in [-0.39, 0.29) is 66.0 Å². The molecule has 4 aromatic rings. The fourth-order valence-corrected chi connectivity index (χ4v) is 7.57. The zero-order chi connectivity index (χ0) is 33.1. The lowest BCUT2D eigenvalue weighted by atomic mass is 9.84. The number of aryl methyl sites for hydroxylation is 1. The Morgan fingerprint density at radius 3 is 2.17 bits per heavy atom. The van der Waals surface area contributed by atoms with Gasteiger partial charge < -0.3 is 4.90 Å². The summed E-state index contributed by atoms with van der Waals surface area (Å²) in [5.41, 5.74) is 3.95. The van der Waals surface area contributed by atoms with Gasteiger partial charge in [-0.05, 0) is 63.3 Å². The van der Waals surface area contributed by atoms with E-state index in [0.29, 0.717) is 17.0 Å². The molecule has 0 amide bonds. The smallest absolute Gasteiger partial charge is 0.280 e. The van der Waals surface area contributed by atoms with Gasteiger partial charge in [-0.25, -0.2) is 9.83 Å². The van der Waals surface area contributed by atoms with Gasteiger partial charge in [-0.3, -0.25) is 24.0 Å². The van der Waals surface area contributed by atoms with Gasteiger partial charge in [0, 0.05) is 36.1 Å². The Labute approximate surface area is 272 Å². The minimum absolute atomic E-state index is 0.00824. The van der Waals surface area contributed by atoms with Crippen molar-refractivity contribution in [3.63, 3.8) is 0 Å². The normalized spacial score (nSPS) is 21.0. The number of rotatable bonds is 10. The van der Waals surface area contributed by atoms with E-state index in [1.54, 1.807) is 10.6 Å². The standard InChI is InChI=1S/C38H46N6O2/c1-9-32-26(6)43(27(7)33(10-2)44(32)30-18-16-25(5)17-19-30)37(24(3)4)34(45)21-35-41-31-20-29(39-8)22-40-36(31)38(46)42(35)23-28-14-12-11-13-15-28/h11-20,22,24,26-27,32-33,37H,9-10,21,23H2,1-7H3. The molecule has 8 heteroatoms. The molecule has 2 aromatic carbocycles. The van der Waals surface area contributed by atoms with Crippen LogP contribution in [0, 0.1) is 19.4 Å². The van der Waals surface area contributed by atoms with Gasteiger partial charge in [-0.1, -0.05) is 75.7 Å². The van der Waals surface area contributed by atoms with Gasteiger partial charge >= 0.3 is 0 Å². The molecule has 0 radical (unpaired) electrons. The van der Waals surface area contributed by atoms with E-state index < -0.39 is 0 Å². The van der Waals surface area contributed by atoms with Crippen molar-refractivity contribution < 1.29 is 4.79 Å². The summed E-state index contributed by atoms with van der Waals surface area (Å²) < 4.78 is 1.59. The van der Waals surface area contributed by atoms with E-state index in [1.165, 1.54) is 17.4 Å². The first-order valence-corrected chi connectivity index (χ1v) is 16.6. The van der Waals surface area contributed by atoms with Crippen LogP contribution in [0.1, 0.15) is 71.3 Å². The second kappa shape index (κ2) is 14.0. The molecular weight excluding hydrogens is 572 g/mol. The molecule has 1 saturated heterocycles. The molecule has 3 heterocycles. The summed E-state index contributed by atoms with van der Waals surface area (Å²) >= 11 is 0. The highest BCUT2D eigenvalue weighted by Gasteiger charge is 2.47. The largest absolute Gasteiger partial charge is 0.362 e. The van der Waals surface area contributed by atoms with Gasteiger partial charge in [0.05, 0.1) is 31.1 Å². The SMILES string of the molecule is [C-]#[N+]c1cnc2c(=O)n(Cc3ccccc3)c(CC(=O)C(C(C)C)N3C(C)C(CC)N(c4ccc(C)cc4)C(CC)C3C)nc2c1. The molecule has 1 aliphatic rings. The number of benzene rings is 2. The van der Waals surface area contributed by atoms with E-state index in [4.69, 9.17) is 11.6 Å². The van der Waals surface area contributed by atoms with Crippen LogP contribution in [-0.2, 0) is 17.8 Å². The molecule has 1 fully saturated rings. The molecular formula is C38H46N6O2. The number of hydrogen-bond donors (Lipinski definition) is 0. The highest BCUT2D eigenvalue weighted by atomic mass is 16.1. The maximum atomic E-state index is 14.6. The molecule has 0 bridgehead atoms. The molecule has 0 aliphatic carbocycles. The molecule has 46 heavy (non-hydrogen) atoms. The van der Waals surface area contributed by atoms with E-state index in [2.05, 4.69) is 92.4 Å². The number of aromatic nitrogens is 3. The van der Waals surface area contributed by atoms with Crippen LogP contribution < -0.4 is 10.5 Å². The van der Waals surface area contributed by atoms with Crippen LogP contribution in [0.5, 0.6) is 0 Å². The van der Waals surface area contributed by atoms with Crippen LogP contribution in [0.2, 0.25) is 0 Å². The number of carbonyl (C=O) groups is 1. The summed E-state index contributed by atoms with van der Waals surface area (Å²) in [6.07, 6.45) is 3.31. The lowest BCUT2D eigenvalue weighted by molar-refractivity contribution is -0.129. The van der Waals surface area contributed by atoms with Gasteiger partial charge in [0.1, 0.15) is 5.82 Å². The minimum Gasteiger partial charge on any atom is -0.362 e. The van der Waals surface area contributed by atoms with Gasteiger partial charge in [-0.15, -0.1) is 0 Å². The number of piperazine rings is 1. The first-order valence-electron chi connectivity index (χ1n) is 16.6. The van der Waals surface area contributed by atoms with Gasteiger partial charge in [0.25, 0.3) is 5.56 Å². The number of nitrogens with zero attached hydrogens (tertiary/aromatic N) is 6. The van der Waals surface area contributed by atoms with Gasteiger partial charge in [0.15, 0.2) is 11.3 Å². The first-order chi connectivity index (χ1) is 22.1. The zero-order valence-corrected chi connectivity index (χ0v) is 28.1. The van der Waals surface area contributed by atoms with Crippen molar-refractivity contribution >= 4 is 28.2 Å². The number of pyridine rings is 1. The number of carbonyl (C=O) groups excluding carboxylic acids is 1. The fourth-order valence-electron chi connectivity index (χ4n) is 7.57. The summed E-state index contributed by atoms with van der Waals surface area (Å²) in [5.74, 6) is 0.492. The number of Topliss-reactive ketones (excluding diaryl/α,β-unsaturated/α-hetero) is 1. The monoisotopic (exact) mass is 618 g/mol.